The lowest BCUT2D eigenvalue weighted by atomic mass is 9.97. The number of para-hydroxylation sites is 1. The molecule has 6 rings (SSSR count). The summed E-state index contributed by atoms with van der Waals surface area (Å²) in [6.07, 6.45) is 0.290. The summed E-state index contributed by atoms with van der Waals surface area (Å²) in [5, 5.41) is 3.18. The predicted molar refractivity (Wildman–Crippen MR) is 158 cm³/mol. The van der Waals surface area contributed by atoms with Crippen molar-refractivity contribution in [2.45, 2.75) is 12.1 Å². The zero-order valence-electron chi connectivity index (χ0n) is 21.6. The summed E-state index contributed by atoms with van der Waals surface area (Å²) in [5.41, 5.74) is 0.0446. The monoisotopic (exact) mass is 529 g/mol. The number of benzene rings is 5. The van der Waals surface area contributed by atoms with Crippen molar-refractivity contribution in [3.63, 3.8) is 0 Å². The van der Waals surface area contributed by atoms with Crippen LogP contribution in [0.4, 0.5) is 0 Å². The number of nitrogens with zero attached hydrogens (tertiary/aromatic N) is 1. The Hall–Kier alpha value is -4.40. The predicted octanol–water partition coefficient (Wildman–Crippen LogP) is 6.39. The number of carbonyl (C=O) groups is 1. The van der Waals surface area contributed by atoms with E-state index in [2.05, 4.69) is 36.4 Å². The average Bonchev–Trinajstić information content (AvgIpc) is 3.28. The van der Waals surface area contributed by atoms with Crippen LogP contribution in [0.5, 0.6) is 11.5 Å². The summed E-state index contributed by atoms with van der Waals surface area (Å²) >= 11 is 0. The van der Waals surface area contributed by atoms with E-state index in [0.29, 0.717) is 17.7 Å². The average molecular weight is 530 g/mol. The van der Waals surface area contributed by atoms with Gasteiger partial charge in [0.05, 0.1) is 19.7 Å². The lowest BCUT2D eigenvalue weighted by Crippen LogP contribution is -2.42. The van der Waals surface area contributed by atoms with E-state index < -0.39 is 12.8 Å². The van der Waals surface area contributed by atoms with Gasteiger partial charge in [0.15, 0.2) is 0 Å². The summed E-state index contributed by atoms with van der Waals surface area (Å²) in [6, 6.07) is 46.1. The van der Waals surface area contributed by atoms with Crippen molar-refractivity contribution in [3.8, 4) is 11.5 Å². The molecular weight excluding hydrogens is 501 g/mol. The fourth-order valence-corrected chi connectivity index (χ4v) is 8.95. The van der Waals surface area contributed by atoms with Crippen molar-refractivity contribution in [1.82, 2.24) is 0 Å². The number of hydrogen-bond acceptors (Lipinski definition) is 4. The van der Waals surface area contributed by atoms with Crippen LogP contribution in [0.3, 0.4) is 0 Å². The molecule has 0 fully saturated rings. The van der Waals surface area contributed by atoms with E-state index in [1.165, 1.54) is 0 Å². The second-order valence-electron chi connectivity index (χ2n) is 9.48. The van der Waals surface area contributed by atoms with Crippen LogP contribution in [0.1, 0.15) is 15.9 Å². The molecule has 0 bridgehead atoms. The number of ketones is 1. The minimum atomic E-state index is -2.73. The molecular formula is C34H28NO3P. The first-order valence-corrected chi connectivity index (χ1v) is 14.6. The smallest absolute Gasteiger partial charge is 0.267 e. The summed E-state index contributed by atoms with van der Waals surface area (Å²) < 4.78 is 17.7. The normalized spacial score (nSPS) is 16.3. The molecule has 1 unspecified atom stereocenters. The first-order chi connectivity index (χ1) is 19.1. The molecule has 0 saturated carbocycles. The molecule has 1 atom stereocenters. The topological polar surface area (TPSA) is 47.9 Å². The maximum absolute atomic E-state index is 14.4. The Balaban J connectivity index is 1.69. The van der Waals surface area contributed by atoms with Gasteiger partial charge in [0.25, 0.3) is 5.72 Å². The summed E-state index contributed by atoms with van der Waals surface area (Å²) in [4.78, 5) is 14.4. The maximum Gasteiger partial charge on any atom is 0.267 e. The molecule has 0 radical (unpaired) electrons. The van der Waals surface area contributed by atoms with Crippen molar-refractivity contribution in [3.05, 3.63) is 151 Å². The second kappa shape index (κ2) is 10.4. The zero-order valence-corrected chi connectivity index (χ0v) is 22.5. The number of methoxy groups -OCH3 is 1. The quantitative estimate of drug-likeness (QED) is 0.230. The molecule has 1 aliphatic rings. The largest absolute Gasteiger partial charge is 0.497 e. The molecule has 39 heavy (non-hydrogen) atoms. The van der Waals surface area contributed by atoms with Crippen LogP contribution in [0.2, 0.25) is 0 Å². The van der Waals surface area contributed by atoms with Crippen LogP contribution in [0.15, 0.2) is 144 Å². The van der Waals surface area contributed by atoms with Gasteiger partial charge < -0.3 is 9.47 Å². The van der Waals surface area contributed by atoms with Gasteiger partial charge in [-0.25, -0.2) is 4.74 Å². The summed E-state index contributed by atoms with van der Waals surface area (Å²) in [5.74, 6) is 1.19. The summed E-state index contributed by atoms with van der Waals surface area (Å²) in [7, 11) is -1.09. The van der Waals surface area contributed by atoms with Crippen LogP contribution in [0, 0.1) is 0 Å². The summed E-state index contributed by atoms with van der Waals surface area (Å²) in [6.45, 7) is 0. The number of Topliss-reactive ketones (excluding diaryl/α,β-unsaturated/α-hetero) is 1. The van der Waals surface area contributed by atoms with E-state index in [-0.39, 0.29) is 5.78 Å². The van der Waals surface area contributed by atoms with E-state index in [9.17, 15) is 4.79 Å². The third-order valence-electron chi connectivity index (χ3n) is 7.07. The van der Waals surface area contributed by atoms with Gasteiger partial charge in [0.1, 0.15) is 11.5 Å². The Morgan fingerprint density at radius 3 is 1.64 bits per heavy atom. The Kier molecular flexibility index (Phi) is 6.64. The van der Waals surface area contributed by atoms with Crippen molar-refractivity contribution in [2.75, 3.05) is 7.11 Å². The highest BCUT2D eigenvalue weighted by Crippen LogP contribution is 2.52. The Labute approximate surface area is 228 Å². The van der Waals surface area contributed by atoms with Gasteiger partial charge in [-0.15, -0.1) is 0 Å². The van der Waals surface area contributed by atoms with Gasteiger partial charge >= 0.3 is 0 Å². The molecule has 1 aliphatic heterocycles. The zero-order chi connectivity index (χ0) is 26.7. The number of carbonyl (C=O) groups excluding carboxylic acids is 1. The van der Waals surface area contributed by atoms with Gasteiger partial charge in [-0.1, -0.05) is 115 Å². The van der Waals surface area contributed by atoms with E-state index in [0.717, 1.165) is 27.2 Å². The van der Waals surface area contributed by atoms with Crippen molar-refractivity contribution < 1.29 is 14.3 Å². The van der Waals surface area contributed by atoms with Gasteiger partial charge in [0.2, 0.25) is 5.78 Å². The Morgan fingerprint density at radius 1 is 0.667 bits per heavy atom. The first kappa shape index (κ1) is 24.9. The van der Waals surface area contributed by atoms with Crippen molar-refractivity contribution in [1.29, 1.82) is 0 Å². The van der Waals surface area contributed by atoms with Gasteiger partial charge in [-0.05, 0) is 29.8 Å². The second-order valence-corrected chi connectivity index (χ2v) is 12.5. The standard InChI is InChI=1S/C34H28NO3P/c1-37-27-23-21-26(22-24-27)25-34(33(36)31-19-11-12-20-32(31)38-34)35-39(28-13-5-2-6-14-28,29-15-7-3-8-16-29)30-17-9-4-10-18-30/h2-24H,25H2,1H3. The molecule has 0 saturated heterocycles. The fourth-order valence-electron chi connectivity index (χ4n) is 5.21. The molecule has 5 aromatic rings. The molecule has 0 amide bonds. The number of fused-ring (bicyclic) bond motifs is 1. The molecule has 0 aromatic heterocycles. The highest BCUT2D eigenvalue weighted by molar-refractivity contribution is 7.87. The van der Waals surface area contributed by atoms with Gasteiger partial charge in [-0.3, -0.25) is 4.79 Å². The molecule has 1 heterocycles. The van der Waals surface area contributed by atoms with Crippen LogP contribution in [-0.4, -0.2) is 18.6 Å². The highest BCUT2D eigenvalue weighted by atomic mass is 31.2. The SMILES string of the molecule is COc1ccc(CC2(N=P(c3ccccc3)(c3ccccc3)c3ccccc3)Oc3ccccc3C2=O)cc1. The minimum Gasteiger partial charge on any atom is -0.497 e. The fraction of sp³-hybridized carbons (Fsp3) is 0.0882. The number of rotatable bonds is 7. The molecule has 192 valence electrons. The number of ether oxygens (including phenoxy) is 2. The molecule has 5 heteroatoms. The van der Waals surface area contributed by atoms with E-state index >= 15 is 0 Å². The third-order valence-corrected chi connectivity index (χ3v) is 10.8. The first-order valence-electron chi connectivity index (χ1n) is 12.9. The molecule has 4 nitrogen and oxygen atoms in total. The van der Waals surface area contributed by atoms with Crippen molar-refractivity contribution in [2.24, 2.45) is 4.74 Å². The van der Waals surface area contributed by atoms with Crippen molar-refractivity contribution >= 4 is 28.8 Å². The van der Waals surface area contributed by atoms with Crippen LogP contribution in [-0.2, 0) is 6.42 Å². The molecule has 5 aromatic carbocycles. The highest BCUT2D eigenvalue weighted by Gasteiger charge is 2.50. The molecule has 0 spiro atoms. The van der Waals surface area contributed by atoms with E-state index in [1.54, 1.807) is 7.11 Å². The third kappa shape index (κ3) is 4.47. The Morgan fingerprint density at radius 2 is 1.15 bits per heavy atom. The van der Waals surface area contributed by atoms with Crippen LogP contribution in [0.25, 0.3) is 0 Å². The molecule has 0 N–H and O–H groups in total. The van der Waals surface area contributed by atoms with E-state index in [1.807, 2.05) is 103 Å². The minimum absolute atomic E-state index is 0.124. The maximum atomic E-state index is 14.4. The van der Waals surface area contributed by atoms with Crippen LogP contribution >= 0.6 is 7.05 Å². The lowest BCUT2D eigenvalue weighted by molar-refractivity contribution is 0.0601. The van der Waals surface area contributed by atoms with Crippen LogP contribution < -0.4 is 25.4 Å². The lowest BCUT2D eigenvalue weighted by Gasteiger charge is -2.33. The van der Waals surface area contributed by atoms with E-state index in [4.69, 9.17) is 14.2 Å². The van der Waals surface area contributed by atoms with Gasteiger partial charge in [0, 0.05) is 22.3 Å². The van der Waals surface area contributed by atoms with Gasteiger partial charge in [-0.2, -0.15) is 0 Å². The Bertz CT molecular complexity index is 1550. The molecule has 0 aliphatic carbocycles. The number of hydrogen-bond donors (Lipinski definition) is 0.